The number of hydrogen-bond donors (Lipinski definition) is 2. The Morgan fingerprint density at radius 2 is 1.69 bits per heavy atom. The molecule has 0 aliphatic heterocycles. The zero-order valence-corrected chi connectivity index (χ0v) is 10.5. The first-order valence-corrected chi connectivity index (χ1v) is 6.94. The van der Waals surface area contributed by atoms with E-state index in [4.69, 9.17) is 0 Å². The Labute approximate surface area is 96.2 Å². The number of rotatable bonds is 4. The molecular formula is C11H17NO3S. The first-order chi connectivity index (χ1) is 7.30. The van der Waals surface area contributed by atoms with Crippen LogP contribution in [-0.4, -0.2) is 31.9 Å². The van der Waals surface area contributed by atoms with Gasteiger partial charge in [0.05, 0.1) is 11.0 Å². The standard InChI is InChI=1S/C11H17NO3S/c1-8(9(2)13)12-10-4-6-11(7-5-10)16(3,14)15/h4-9,12-13H,1-3H3. The van der Waals surface area contributed by atoms with Crippen molar-refractivity contribution in [1.29, 1.82) is 0 Å². The lowest BCUT2D eigenvalue weighted by atomic mass is 10.2. The van der Waals surface area contributed by atoms with E-state index >= 15 is 0 Å². The van der Waals surface area contributed by atoms with Crippen molar-refractivity contribution in [3.63, 3.8) is 0 Å². The highest BCUT2D eigenvalue weighted by atomic mass is 32.2. The molecule has 4 nitrogen and oxygen atoms in total. The highest BCUT2D eigenvalue weighted by Gasteiger charge is 2.09. The van der Waals surface area contributed by atoms with E-state index in [1.54, 1.807) is 31.2 Å². The summed E-state index contributed by atoms with van der Waals surface area (Å²) in [4.78, 5) is 0.294. The number of aliphatic hydroxyl groups is 1. The molecule has 0 spiro atoms. The fourth-order valence-corrected chi connectivity index (χ4v) is 1.81. The summed E-state index contributed by atoms with van der Waals surface area (Å²) >= 11 is 0. The minimum absolute atomic E-state index is 0.0796. The van der Waals surface area contributed by atoms with Crippen LogP contribution in [-0.2, 0) is 9.84 Å². The van der Waals surface area contributed by atoms with Crippen LogP contribution in [0.5, 0.6) is 0 Å². The Hall–Kier alpha value is -1.07. The lowest BCUT2D eigenvalue weighted by Crippen LogP contribution is -2.27. The molecule has 0 aromatic heterocycles. The van der Waals surface area contributed by atoms with Gasteiger partial charge in [0.2, 0.25) is 0 Å². The number of benzene rings is 1. The van der Waals surface area contributed by atoms with Crippen molar-refractivity contribution in [2.75, 3.05) is 11.6 Å². The third-order valence-corrected chi connectivity index (χ3v) is 3.53. The van der Waals surface area contributed by atoms with Gasteiger partial charge in [-0.2, -0.15) is 0 Å². The molecule has 0 heterocycles. The summed E-state index contributed by atoms with van der Waals surface area (Å²) in [5, 5.41) is 12.4. The number of anilines is 1. The first-order valence-electron chi connectivity index (χ1n) is 5.05. The molecule has 2 atom stereocenters. The molecule has 0 saturated carbocycles. The van der Waals surface area contributed by atoms with Gasteiger partial charge in [-0.05, 0) is 38.1 Å². The lowest BCUT2D eigenvalue weighted by Gasteiger charge is -2.17. The normalized spacial score (nSPS) is 15.5. The van der Waals surface area contributed by atoms with Crippen LogP contribution in [0.15, 0.2) is 29.2 Å². The number of hydrogen-bond acceptors (Lipinski definition) is 4. The molecule has 2 N–H and O–H groups in total. The van der Waals surface area contributed by atoms with Crippen LogP contribution in [0, 0.1) is 0 Å². The van der Waals surface area contributed by atoms with Gasteiger partial charge in [0.1, 0.15) is 0 Å². The van der Waals surface area contributed by atoms with Gasteiger partial charge in [-0.1, -0.05) is 0 Å². The average Bonchev–Trinajstić information content (AvgIpc) is 2.17. The number of nitrogens with one attached hydrogen (secondary N) is 1. The maximum atomic E-state index is 11.2. The highest BCUT2D eigenvalue weighted by Crippen LogP contribution is 2.15. The lowest BCUT2D eigenvalue weighted by molar-refractivity contribution is 0.178. The quantitative estimate of drug-likeness (QED) is 0.835. The summed E-state index contributed by atoms with van der Waals surface area (Å²) in [6, 6.07) is 6.40. The van der Waals surface area contributed by atoms with E-state index in [2.05, 4.69) is 5.32 Å². The minimum Gasteiger partial charge on any atom is -0.391 e. The molecule has 0 saturated heterocycles. The van der Waals surface area contributed by atoms with Crippen LogP contribution in [0.25, 0.3) is 0 Å². The van der Waals surface area contributed by atoms with Crippen LogP contribution >= 0.6 is 0 Å². The van der Waals surface area contributed by atoms with E-state index in [0.717, 1.165) is 5.69 Å². The average molecular weight is 243 g/mol. The van der Waals surface area contributed by atoms with Crippen molar-refractivity contribution in [2.45, 2.75) is 30.9 Å². The van der Waals surface area contributed by atoms with Crippen LogP contribution in [0.3, 0.4) is 0 Å². The summed E-state index contributed by atoms with van der Waals surface area (Å²) in [6.07, 6.45) is 0.711. The van der Waals surface area contributed by atoms with E-state index in [1.807, 2.05) is 6.92 Å². The molecular weight excluding hydrogens is 226 g/mol. The molecule has 0 bridgehead atoms. The van der Waals surface area contributed by atoms with Gasteiger partial charge >= 0.3 is 0 Å². The molecule has 1 rings (SSSR count). The van der Waals surface area contributed by atoms with Gasteiger partial charge in [0.15, 0.2) is 9.84 Å². The molecule has 5 heteroatoms. The van der Waals surface area contributed by atoms with E-state index < -0.39 is 15.9 Å². The smallest absolute Gasteiger partial charge is 0.175 e. The fourth-order valence-electron chi connectivity index (χ4n) is 1.18. The third kappa shape index (κ3) is 3.50. The molecule has 1 aromatic carbocycles. The Morgan fingerprint density at radius 3 is 2.06 bits per heavy atom. The predicted octanol–water partition coefficient (Wildman–Crippen LogP) is 1.27. The Balaban J connectivity index is 2.80. The van der Waals surface area contributed by atoms with Crippen molar-refractivity contribution < 1.29 is 13.5 Å². The van der Waals surface area contributed by atoms with E-state index in [9.17, 15) is 13.5 Å². The maximum absolute atomic E-state index is 11.2. The van der Waals surface area contributed by atoms with Crippen LogP contribution < -0.4 is 5.32 Å². The summed E-state index contributed by atoms with van der Waals surface area (Å²) in [7, 11) is -3.14. The topological polar surface area (TPSA) is 66.4 Å². The monoisotopic (exact) mass is 243 g/mol. The fraction of sp³-hybridized carbons (Fsp3) is 0.455. The first kappa shape index (κ1) is 13.0. The van der Waals surface area contributed by atoms with E-state index in [-0.39, 0.29) is 6.04 Å². The summed E-state index contributed by atoms with van der Waals surface area (Å²) < 4.78 is 22.4. The third-order valence-electron chi connectivity index (χ3n) is 2.40. The van der Waals surface area contributed by atoms with E-state index in [0.29, 0.717) is 4.90 Å². The second kappa shape index (κ2) is 4.84. The van der Waals surface area contributed by atoms with Crippen LogP contribution in [0.1, 0.15) is 13.8 Å². The van der Waals surface area contributed by atoms with Gasteiger partial charge in [-0.15, -0.1) is 0 Å². The molecule has 16 heavy (non-hydrogen) atoms. The zero-order chi connectivity index (χ0) is 12.3. The van der Waals surface area contributed by atoms with Crippen LogP contribution in [0.4, 0.5) is 5.69 Å². The van der Waals surface area contributed by atoms with Gasteiger partial charge in [0, 0.05) is 18.0 Å². The predicted molar refractivity (Wildman–Crippen MR) is 64.3 cm³/mol. The Bertz CT molecular complexity index is 437. The molecule has 2 unspecified atom stereocenters. The molecule has 0 fully saturated rings. The summed E-state index contributed by atoms with van der Waals surface area (Å²) in [6.45, 7) is 3.55. The van der Waals surface area contributed by atoms with Gasteiger partial charge in [0.25, 0.3) is 0 Å². The summed E-state index contributed by atoms with van der Waals surface area (Å²) in [5.41, 5.74) is 0.792. The maximum Gasteiger partial charge on any atom is 0.175 e. The van der Waals surface area contributed by atoms with Crippen molar-refractivity contribution >= 4 is 15.5 Å². The zero-order valence-electron chi connectivity index (χ0n) is 9.64. The molecule has 0 aliphatic carbocycles. The van der Waals surface area contributed by atoms with Crippen molar-refractivity contribution in [3.05, 3.63) is 24.3 Å². The Kier molecular flexibility index (Phi) is 3.93. The second-order valence-electron chi connectivity index (χ2n) is 3.97. The Morgan fingerprint density at radius 1 is 1.19 bits per heavy atom. The van der Waals surface area contributed by atoms with Gasteiger partial charge in [-0.25, -0.2) is 8.42 Å². The molecule has 1 aromatic rings. The largest absolute Gasteiger partial charge is 0.391 e. The van der Waals surface area contributed by atoms with E-state index in [1.165, 1.54) is 6.26 Å². The molecule has 0 radical (unpaired) electrons. The molecule has 0 aliphatic rings. The second-order valence-corrected chi connectivity index (χ2v) is 5.99. The number of sulfone groups is 1. The minimum atomic E-state index is -3.14. The van der Waals surface area contributed by atoms with Gasteiger partial charge < -0.3 is 10.4 Å². The summed E-state index contributed by atoms with van der Waals surface area (Å²) in [5.74, 6) is 0. The van der Waals surface area contributed by atoms with Crippen molar-refractivity contribution in [2.24, 2.45) is 0 Å². The highest BCUT2D eigenvalue weighted by molar-refractivity contribution is 7.90. The van der Waals surface area contributed by atoms with Gasteiger partial charge in [-0.3, -0.25) is 0 Å². The molecule has 90 valence electrons. The molecule has 0 amide bonds. The SMILES string of the molecule is CC(O)C(C)Nc1ccc(S(C)(=O)=O)cc1. The number of aliphatic hydroxyl groups excluding tert-OH is 1. The van der Waals surface area contributed by atoms with Crippen molar-refractivity contribution in [3.8, 4) is 0 Å². The van der Waals surface area contributed by atoms with Crippen LogP contribution in [0.2, 0.25) is 0 Å². The van der Waals surface area contributed by atoms with Crippen molar-refractivity contribution in [1.82, 2.24) is 0 Å².